The molecule has 0 fully saturated rings. The molecule has 0 atom stereocenters. The van der Waals surface area contributed by atoms with Crippen molar-refractivity contribution in [2.75, 3.05) is 6.54 Å². The minimum Gasteiger partial charge on any atom is -0.334 e. The molecule has 0 saturated heterocycles. The Morgan fingerprint density at radius 1 is 1.43 bits per heavy atom. The average molecular weight is 301 g/mol. The Balaban J connectivity index is 1.74. The van der Waals surface area contributed by atoms with E-state index in [0.717, 1.165) is 36.5 Å². The van der Waals surface area contributed by atoms with Crippen molar-refractivity contribution in [3.05, 3.63) is 44.9 Å². The lowest BCUT2D eigenvalue weighted by molar-refractivity contribution is -0.126. The number of carbonyl (C=O) groups excluding carboxylic acids is 1. The van der Waals surface area contributed by atoms with Crippen LogP contribution in [0.1, 0.15) is 27.4 Å². The Labute approximate surface area is 128 Å². The number of thiophene rings is 1. The van der Waals surface area contributed by atoms with E-state index in [4.69, 9.17) is 0 Å². The summed E-state index contributed by atoms with van der Waals surface area (Å²) in [6.45, 7) is 5.52. The number of aromatic nitrogens is 2. The summed E-state index contributed by atoms with van der Waals surface area (Å²) in [5, 5.41) is 6.47. The van der Waals surface area contributed by atoms with Gasteiger partial charge in [0.15, 0.2) is 0 Å². The van der Waals surface area contributed by atoms with Gasteiger partial charge in [0, 0.05) is 42.3 Å². The zero-order valence-electron chi connectivity index (χ0n) is 12.6. The molecule has 1 amide bonds. The maximum atomic E-state index is 12.3. The van der Waals surface area contributed by atoms with Crippen LogP contribution in [0.2, 0.25) is 0 Å². The molecule has 3 rings (SSSR count). The molecule has 0 unspecified atom stereocenters. The summed E-state index contributed by atoms with van der Waals surface area (Å²) in [7, 11) is 1.92. The average Bonchev–Trinajstić information content (AvgIpc) is 3.02. The minimum atomic E-state index is 0.0782. The Kier molecular flexibility index (Phi) is 3.68. The summed E-state index contributed by atoms with van der Waals surface area (Å²) in [6, 6.07) is 2.12. The van der Waals surface area contributed by atoms with Crippen molar-refractivity contribution in [3.63, 3.8) is 0 Å². The van der Waals surface area contributed by atoms with Crippen LogP contribution >= 0.6 is 11.3 Å². The molecule has 0 aliphatic carbocycles. The van der Waals surface area contributed by atoms with Gasteiger partial charge in [0.25, 0.3) is 0 Å². The first-order valence-electron chi connectivity index (χ1n) is 7.08. The van der Waals surface area contributed by atoms with E-state index < -0.39 is 0 Å². The number of amides is 1. The molecule has 0 radical (unpaired) electrons. The van der Waals surface area contributed by atoms with Crippen LogP contribution in [0.25, 0.3) is 6.08 Å². The molecule has 21 heavy (non-hydrogen) atoms. The quantitative estimate of drug-likeness (QED) is 0.800. The van der Waals surface area contributed by atoms with Gasteiger partial charge in [-0.3, -0.25) is 9.48 Å². The number of rotatable bonds is 2. The van der Waals surface area contributed by atoms with Gasteiger partial charge in [-0.15, -0.1) is 11.3 Å². The maximum Gasteiger partial charge on any atom is 0.246 e. The largest absolute Gasteiger partial charge is 0.334 e. The van der Waals surface area contributed by atoms with Gasteiger partial charge < -0.3 is 4.90 Å². The fraction of sp³-hybridized carbons (Fsp3) is 0.375. The second kappa shape index (κ2) is 5.48. The van der Waals surface area contributed by atoms with Crippen molar-refractivity contribution in [3.8, 4) is 0 Å². The molecule has 0 N–H and O–H groups in total. The van der Waals surface area contributed by atoms with Gasteiger partial charge in [-0.2, -0.15) is 5.10 Å². The zero-order valence-corrected chi connectivity index (χ0v) is 13.4. The predicted octanol–water partition coefficient (Wildman–Crippen LogP) is 2.70. The first kappa shape index (κ1) is 14.1. The van der Waals surface area contributed by atoms with Crippen molar-refractivity contribution in [2.45, 2.75) is 26.8 Å². The normalized spacial score (nSPS) is 14.7. The molecule has 1 aliphatic heterocycles. The topological polar surface area (TPSA) is 38.1 Å². The summed E-state index contributed by atoms with van der Waals surface area (Å²) in [5.41, 5.74) is 4.37. The van der Waals surface area contributed by atoms with Crippen LogP contribution in [0.15, 0.2) is 17.5 Å². The Bertz CT molecular complexity index is 711. The van der Waals surface area contributed by atoms with Crippen LogP contribution < -0.4 is 0 Å². The second-order valence-electron chi connectivity index (χ2n) is 5.42. The summed E-state index contributed by atoms with van der Waals surface area (Å²) in [5.74, 6) is 0.0782. The van der Waals surface area contributed by atoms with Gasteiger partial charge in [-0.05, 0) is 43.4 Å². The van der Waals surface area contributed by atoms with E-state index in [9.17, 15) is 4.79 Å². The highest BCUT2D eigenvalue weighted by Gasteiger charge is 2.20. The number of hydrogen-bond donors (Lipinski definition) is 0. The number of hydrogen-bond acceptors (Lipinski definition) is 3. The molecule has 5 heteroatoms. The third-order valence-corrected chi connectivity index (χ3v) is 5.10. The number of nitrogens with zero attached hydrogens (tertiary/aromatic N) is 3. The fourth-order valence-electron chi connectivity index (χ4n) is 2.73. The van der Waals surface area contributed by atoms with Gasteiger partial charge >= 0.3 is 0 Å². The zero-order chi connectivity index (χ0) is 15.0. The second-order valence-corrected chi connectivity index (χ2v) is 6.42. The number of aryl methyl sites for hydroxylation is 2. The number of fused-ring (bicyclic) bond motifs is 1. The molecule has 0 bridgehead atoms. The van der Waals surface area contributed by atoms with Gasteiger partial charge in [0.1, 0.15) is 0 Å². The molecule has 3 heterocycles. The van der Waals surface area contributed by atoms with Gasteiger partial charge in [-0.1, -0.05) is 0 Å². The van der Waals surface area contributed by atoms with Crippen LogP contribution in [0.3, 0.4) is 0 Å². The lowest BCUT2D eigenvalue weighted by Crippen LogP contribution is -2.34. The Morgan fingerprint density at radius 3 is 2.95 bits per heavy atom. The molecule has 0 saturated carbocycles. The van der Waals surface area contributed by atoms with Crippen molar-refractivity contribution in [2.24, 2.45) is 7.05 Å². The van der Waals surface area contributed by atoms with Crippen LogP contribution in [0.4, 0.5) is 0 Å². The molecular weight excluding hydrogens is 282 g/mol. The van der Waals surface area contributed by atoms with Gasteiger partial charge in [0.2, 0.25) is 5.91 Å². The summed E-state index contributed by atoms with van der Waals surface area (Å²) in [4.78, 5) is 15.7. The Hall–Kier alpha value is -1.88. The van der Waals surface area contributed by atoms with Crippen LogP contribution in [-0.4, -0.2) is 27.1 Å². The predicted molar refractivity (Wildman–Crippen MR) is 85.2 cm³/mol. The third-order valence-electron chi connectivity index (χ3n) is 4.08. The van der Waals surface area contributed by atoms with Crippen molar-refractivity contribution < 1.29 is 4.79 Å². The van der Waals surface area contributed by atoms with Gasteiger partial charge in [-0.25, -0.2) is 0 Å². The fourth-order valence-corrected chi connectivity index (χ4v) is 3.62. The molecule has 4 nitrogen and oxygen atoms in total. The SMILES string of the molecule is Cc1nn(C)c(C)c1/C=C\C(=O)N1CCc2sccc2C1. The van der Waals surface area contributed by atoms with Crippen molar-refractivity contribution >= 4 is 23.3 Å². The monoisotopic (exact) mass is 301 g/mol. The maximum absolute atomic E-state index is 12.3. The lowest BCUT2D eigenvalue weighted by atomic mass is 10.1. The molecule has 0 aromatic carbocycles. The molecule has 1 aliphatic rings. The highest BCUT2D eigenvalue weighted by atomic mass is 32.1. The molecule has 2 aromatic rings. The van der Waals surface area contributed by atoms with Crippen LogP contribution in [0, 0.1) is 13.8 Å². The van der Waals surface area contributed by atoms with Crippen LogP contribution in [0.5, 0.6) is 0 Å². The van der Waals surface area contributed by atoms with E-state index >= 15 is 0 Å². The summed E-state index contributed by atoms with van der Waals surface area (Å²) < 4.78 is 1.85. The first-order valence-corrected chi connectivity index (χ1v) is 7.96. The smallest absolute Gasteiger partial charge is 0.246 e. The lowest BCUT2D eigenvalue weighted by Gasteiger charge is -2.25. The number of carbonyl (C=O) groups is 1. The van der Waals surface area contributed by atoms with E-state index in [1.807, 2.05) is 36.6 Å². The molecule has 110 valence electrons. The highest BCUT2D eigenvalue weighted by Crippen LogP contribution is 2.24. The first-order chi connectivity index (χ1) is 10.1. The standard InChI is InChI=1S/C16H19N3OS/c1-11-14(12(2)18(3)17-11)4-5-16(20)19-8-6-15-13(10-19)7-9-21-15/h4-5,7,9H,6,8,10H2,1-3H3/b5-4-. The van der Waals surface area contributed by atoms with E-state index in [1.165, 1.54) is 10.4 Å². The van der Waals surface area contributed by atoms with E-state index in [1.54, 1.807) is 17.4 Å². The summed E-state index contributed by atoms with van der Waals surface area (Å²) >= 11 is 1.79. The minimum absolute atomic E-state index is 0.0782. The highest BCUT2D eigenvalue weighted by molar-refractivity contribution is 7.10. The van der Waals surface area contributed by atoms with E-state index in [-0.39, 0.29) is 5.91 Å². The van der Waals surface area contributed by atoms with Crippen molar-refractivity contribution in [1.82, 2.24) is 14.7 Å². The van der Waals surface area contributed by atoms with E-state index in [0.29, 0.717) is 0 Å². The molecular formula is C16H19N3OS. The van der Waals surface area contributed by atoms with Crippen molar-refractivity contribution in [1.29, 1.82) is 0 Å². The van der Waals surface area contributed by atoms with Crippen LogP contribution in [-0.2, 0) is 24.8 Å². The van der Waals surface area contributed by atoms with Gasteiger partial charge in [0.05, 0.1) is 5.69 Å². The Morgan fingerprint density at radius 2 is 2.24 bits per heavy atom. The molecule has 0 spiro atoms. The van der Waals surface area contributed by atoms with E-state index in [2.05, 4.69) is 16.5 Å². The molecule has 2 aromatic heterocycles. The third kappa shape index (κ3) is 2.65. The summed E-state index contributed by atoms with van der Waals surface area (Å²) in [6.07, 6.45) is 4.54.